The van der Waals surface area contributed by atoms with Crippen LogP contribution >= 0.6 is 11.3 Å². The molecule has 2 aliphatic carbocycles. The largest absolute Gasteiger partial charge is 0.497 e. The van der Waals surface area contributed by atoms with E-state index in [0.29, 0.717) is 51.8 Å². The number of methoxy groups -OCH3 is 1. The standard InChI is InChI=1S/C41H52F3N7O10S2/c1-8-23-18-40(23,36(54)50-63(56,57)59-21-41(42,43)44)49-34(52)31-16-26(19-51(31)35(53)33(39(4,5)6)48-38(55)61-24-11-9-10-12-24)60-32-17-29(30-20-62-37(47-30)45-22(2)3)46-28-15-25(58-7)13-14-27(28)32/h8,13-15,17,20,22-24,26,31,33H,1,9-12,16,18-19,21H2,2-7H3,(H,45,47)(H,48,55)(H,49,52)(H,50,54)/t23-,26-,31+,33-,40-/m1/s1. The lowest BCUT2D eigenvalue weighted by molar-refractivity contribution is -0.153. The highest BCUT2D eigenvalue weighted by molar-refractivity contribution is 7.85. The fourth-order valence-electron chi connectivity index (χ4n) is 7.63. The SMILES string of the molecule is C=C[C@@H]1C[C@]1(NC(=O)[C@@H]1C[C@@H](Oc2cc(-c3csc(NC(C)C)n3)nc3cc(OC)ccc23)CN1C(=O)[C@@H](NC(=O)OC1CCCC1)C(C)(C)C)C(=O)NS(=O)(=O)OCC(F)(F)F. The molecular weight excluding hydrogens is 872 g/mol. The summed E-state index contributed by atoms with van der Waals surface area (Å²) < 4.78 is 86.3. The summed E-state index contributed by atoms with van der Waals surface area (Å²) >= 11 is 1.39. The third kappa shape index (κ3) is 11.5. The van der Waals surface area contributed by atoms with Gasteiger partial charge in [-0.2, -0.15) is 21.6 Å². The monoisotopic (exact) mass is 923 g/mol. The molecule has 0 spiro atoms. The zero-order valence-corrected chi connectivity index (χ0v) is 37.3. The van der Waals surface area contributed by atoms with Crippen molar-refractivity contribution in [3.8, 4) is 22.9 Å². The first-order valence-electron chi connectivity index (χ1n) is 20.4. The molecule has 2 saturated carbocycles. The number of aromatic nitrogens is 2. The van der Waals surface area contributed by atoms with Crippen molar-refractivity contribution in [2.24, 2.45) is 11.3 Å². The van der Waals surface area contributed by atoms with E-state index in [1.165, 1.54) is 34.1 Å². The number of carbonyl (C=O) groups excluding carboxylic acids is 4. The molecule has 17 nitrogen and oxygen atoms in total. The van der Waals surface area contributed by atoms with Crippen LogP contribution in [0, 0.1) is 11.3 Å². The molecule has 0 radical (unpaired) electrons. The fourth-order valence-corrected chi connectivity index (χ4v) is 9.24. The smallest absolute Gasteiger partial charge is 0.413 e. The number of ether oxygens (including phenoxy) is 3. The Morgan fingerprint density at radius 3 is 2.40 bits per heavy atom. The van der Waals surface area contributed by atoms with Gasteiger partial charge in [-0.15, -0.1) is 17.9 Å². The average Bonchev–Trinajstić information content (AvgIpc) is 3.61. The molecule has 3 heterocycles. The molecule has 1 aliphatic heterocycles. The zero-order chi connectivity index (χ0) is 46.1. The molecule has 1 aromatic carbocycles. The van der Waals surface area contributed by atoms with Crippen LogP contribution in [0.2, 0.25) is 0 Å². The lowest BCUT2D eigenvalue weighted by Gasteiger charge is -2.35. The highest BCUT2D eigenvalue weighted by atomic mass is 32.2. The molecule has 4 N–H and O–H groups in total. The molecule has 3 aliphatic rings. The van der Waals surface area contributed by atoms with Crippen molar-refractivity contribution in [2.45, 2.75) is 115 Å². The third-order valence-corrected chi connectivity index (χ3v) is 12.5. The molecule has 63 heavy (non-hydrogen) atoms. The van der Waals surface area contributed by atoms with Crippen molar-refractivity contribution in [1.82, 2.24) is 30.2 Å². The van der Waals surface area contributed by atoms with E-state index in [1.54, 1.807) is 45.0 Å². The zero-order valence-electron chi connectivity index (χ0n) is 35.7. The number of halogens is 3. The van der Waals surface area contributed by atoms with E-state index in [0.717, 1.165) is 12.8 Å². The van der Waals surface area contributed by atoms with Gasteiger partial charge in [0.25, 0.3) is 5.91 Å². The maximum Gasteiger partial charge on any atom is 0.413 e. The lowest BCUT2D eigenvalue weighted by atomic mass is 9.85. The molecular formula is C41H52F3N7O10S2. The molecule has 3 fully saturated rings. The van der Waals surface area contributed by atoms with Gasteiger partial charge in [0, 0.05) is 41.3 Å². The van der Waals surface area contributed by atoms with Crippen molar-refractivity contribution >= 4 is 61.5 Å². The summed E-state index contributed by atoms with van der Waals surface area (Å²) in [7, 11) is -3.75. The first-order chi connectivity index (χ1) is 29.5. The number of alkyl carbamates (subject to hydrolysis) is 1. The number of likely N-dealkylation sites (tertiary alicyclic amines) is 1. The van der Waals surface area contributed by atoms with E-state index < -0.39 is 82.0 Å². The van der Waals surface area contributed by atoms with Gasteiger partial charge in [-0.3, -0.25) is 14.4 Å². The van der Waals surface area contributed by atoms with Gasteiger partial charge in [0.2, 0.25) is 11.8 Å². The molecule has 22 heteroatoms. The maximum absolute atomic E-state index is 14.8. The van der Waals surface area contributed by atoms with Crippen molar-refractivity contribution < 1.29 is 59.2 Å². The molecule has 6 rings (SSSR count). The summed E-state index contributed by atoms with van der Waals surface area (Å²) in [6, 6.07) is 4.42. The number of rotatable bonds is 16. The second kappa shape index (κ2) is 18.5. The van der Waals surface area contributed by atoms with E-state index in [9.17, 15) is 40.8 Å². The van der Waals surface area contributed by atoms with Crippen LogP contribution in [0.4, 0.5) is 23.1 Å². The molecule has 2 aromatic heterocycles. The number of alkyl halides is 3. The second-order valence-electron chi connectivity index (χ2n) is 17.2. The maximum atomic E-state index is 14.8. The number of benzene rings is 1. The van der Waals surface area contributed by atoms with Gasteiger partial charge in [-0.05, 0) is 63.5 Å². The molecule has 5 atom stereocenters. The quantitative estimate of drug-likeness (QED) is 0.129. The highest BCUT2D eigenvalue weighted by Gasteiger charge is 2.62. The first-order valence-corrected chi connectivity index (χ1v) is 22.7. The number of amides is 4. The number of hydrogen-bond acceptors (Lipinski definition) is 14. The predicted octanol–water partition coefficient (Wildman–Crippen LogP) is 5.62. The Morgan fingerprint density at radius 1 is 1.06 bits per heavy atom. The van der Waals surface area contributed by atoms with Crippen LogP contribution in [0.1, 0.15) is 73.1 Å². The van der Waals surface area contributed by atoms with Gasteiger partial charge in [-0.1, -0.05) is 26.8 Å². The van der Waals surface area contributed by atoms with E-state index in [4.69, 9.17) is 24.2 Å². The van der Waals surface area contributed by atoms with E-state index >= 15 is 0 Å². The van der Waals surface area contributed by atoms with Crippen molar-refractivity contribution in [2.75, 3.05) is 25.6 Å². The van der Waals surface area contributed by atoms with Gasteiger partial charge in [0.1, 0.15) is 47.0 Å². The van der Waals surface area contributed by atoms with Gasteiger partial charge in [0.05, 0.1) is 24.9 Å². The van der Waals surface area contributed by atoms with Crippen molar-refractivity contribution in [3.05, 3.63) is 42.3 Å². The van der Waals surface area contributed by atoms with E-state index in [-0.39, 0.29) is 31.5 Å². The Hall–Kier alpha value is -5.22. The average molecular weight is 924 g/mol. The summed E-state index contributed by atoms with van der Waals surface area (Å²) in [6.07, 6.45) is -2.91. The number of fused-ring (bicyclic) bond motifs is 1. The van der Waals surface area contributed by atoms with Gasteiger partial charge >= 0.3 is 22.6 Å². The molecule has 0 unspecified atom stereocenters. The Bertz CT molecular complexity index is 2330. The normalized spacial score (nSPS) is 22.1. The number of anilines is 1. The van der Waals surface area contributed by atoms with Crippen LogP contribution in [-0.4, -0.2) is 109 Å². The first kappa shape index (κ1) is 47.3. The van der Waals surface area contributed by atoms with Crippen molar-refractivity contribution in [1.29, 1.82) is 0 Å². The minimum absolute atomic E-state index is 0.123. The van der Waals surface area contributed by atoms with Crippen LogP contribution in [0.25, 0.3) is 22.3 Å². The molecule has 0 bridgehead atoms. The van der Waals surface area contributed by atoms with Crippen LogP contribution in [-0.2, 0) is 33.6 Å². The van der Waals surface area contributed by atoms with Gasteiger partial charge < -0.3 is 35.1 Å². The molecule has 344 valence electrons. The molecule has 3 aromatic rings. The summed E-state index contributed by atoms with van der Waals surface area (Å²) in [4.78, 5) is 66.7. The van der Waals surface area contributed by atoms with Gasteiger partial charge in [0.15, 0.2) is 11.7 Å². The fraction of sp³-hybridized carbons (Fsp3) is 0.561. The summed E-state index contributed by atoms with van der Waals surface area (Å²) in [5.41, 5.74) is -1.38. The van der Waals surface area contributed by atoms with Gasteiger partial charge in [-0.25, -0.2) is 23.7 Å². The number of nitrogens with one attached hydrogen (secondary N) is 4. The minimum atomic E-state index is -5.27. The van der Waals surface area contributed by atoms with Crippen LogP contribution < -0.4 is 30.1 Å². The molecule has 1 saturated heterocycles. The number of thiazole rings is 1. The van der Waals surface area contributed by atoms with Crippen molar-refractivity contribution in [3.63, 3.8) is 0 Å². The van der Waals surface area contributed by atoms with E-state index in [2.05, 4.69) is 26.7 Å². The Morgan fingerprint density at radius 2 is 1.78 bits per heavy atom. The number of pyridine rings is 1. The summed E-state index contributed by atoms with van der Waals surface area (Å²) in [5.74, 6) is -2.92. The topological polar surface area (TPSA) is 216 Å². The van der Waals surface area contributed by atoms with Crippen LogP contribution in [0.3, 0.4) is 0 Å². The summed E-state index contributed by atoms with van der Waals surface area (Å²) in [6.45, 7) is 10.4. The number of carbonyl (C=O) groups is 4. The predicted molar refractivity (Wildman–Crippen MR) is 226 cm³/mol. The van der Waals surface area contributed by atoms with E-state index in [1.807, 2.05) is 19.2 Å². The minimum Gasteiger partial charge on any atom is -0.497 e. The van der Waals surface area contributed by atoms with Crippen LogP contribution in [0.5, 0.6) is 11.5 Å². The number of nitrogens with zero attached hydrogens (tertiary/aromatic N) is 3. The van der Waals surface area contributed by atoms with Crippen LogP contribution in [0.15, 0.2) is 42.3 Å². The Labute approximate surface area is 367 Å². The summed E-state index contributed by atoms with van der Waals surface area (Å²) in [5, 5.41) is 11.6. The highest BCUT2D eigenvalue weighted by Crippen LogP contribution is 2.45. The molecule has 4 amide bonds. The Kier molecular flexibility index (Phi) is 13.9. The lowest BCUT2D eigenvalue weighted by Crippen LogP contribution is -2.60. The Balaban J connectivity index is 1.33. The third-order valence-electron chi connectivity index (χ3n) is 10.9. The number of hydrogen-bond donors (Lipinski definition) is 4. The second-order valence-corrected chi connectivity index (χ2v) is 19.4.